The molecule has 8 rings (SSSR count). The smallest absolute Gasteiger partial charge is 0.149 e. The van der Waals surface area contributed by atoms with Crippen molar-refractivity contribution in [2.24, 2.45) is 0 Å². The number of hydrogen-bond donors (Lipinski definition) is 1. The van der Waals surface area contributed by atoms with Crippen LogP contribution in [0, 0.1) is 13.8 Å². The number of imidazole rings is 1. The van der Waals surface area contributed by atoms with E-state index in [1.807, 2.05) is 94.4 Å². The van der Waals surface area contributed by atoms with Crippen LogP contribution in [0.15, 0.2) is 140 Å². The fraction of sp³-hybridized carbons (Fsp3) is 0.236. The fourth-order valence-corrected chi connectivity index (χ4v) is 7.82. The molecule has 4 heteroatoms. The molecule has 0 aliphatic heterocycles. The molecule has 0 bridgehead atoms. The topological polar surface area (TPSA) is 50.9 Å². The average Bonchev–Trinajstić information content (AvgIpc) is 3.65. The Balaban J connectivity index is 1.33. The van der Waals surface area contributed by atoms with Crippen molar-refractivity contribution in [1.29, 1.82) is 0 Å². The molecule has 0 aliphatic rings. The summed E-state index contributed by atoms with van der Waals surface area (Å²) < 4.78 is 84.7. The van der Waals surface area contributed by atoms with Crippen LogP contribution < -0.4 is 0 Å². The molecule has 4 nitrogen and oxygen atoms in total. The van der Waals surface area contributed by atoms with Gasteiger partial charge in [-0.2, -0.15) is 0 Å². The Hall–Kier alpha value is -6.26. The maximum Gasteiger partial charge on any atom is 0.149 e. The number of fused-ring (bicyclic) bond motifs is 1. The van der Waals surface area contributed by atoms with Crippen molar-refractivity contribution in [3.8, 4) is 67.5 Å². The summed E-state index contributed by atoms with van der Waals surface area (Å²) in [5, 5.41) is 11.8. The van der Waals surface area contributed by atoms with Gasteiger partial charge in [0.05, 0.1) is 28.0 Å². The van der Waals surface area contributed by atoms with E-state index >= 15 is 0 Å². The van der Waals surface area contributed by atoms with Crippen LogP contribution in [0.25, 0.3) is 72.7 Å². The van der Waals surface area contributed by atoms with E-state index in [-0.39, 0.29) is 16.7 Å². The van der Waals surface area contributed by atoms with Crippen molar-refractivity contribution in [3.05, 3.63) is 167 Å². The Kier molecular flexibility index (Phi) is 7.46. The van der Waals surface area contributed by atoms with Gasteiger partial charge in [-0.25, -0.2) is 4.98 Å². The predicted molar refractivity (Wildman–Crippen MR) is 249 cm³/mol. The summed E-state index contributed by atoms with van der Waals surface area (Å²) in [6.07, 6.45) is 1.67. The third-order valence-corrected chi connectivity index (χ3v) is 11.1. The Morgan fingerprint density at radius 3 is 2.08 bits per heavy atom. The molecule has 0 aliphatic carbocycles. The maximum absolute atomic E-state index is 11.8. The van der Waals surface area contributed by atoms with Crippen molar-refractivity contribution in [3.63, 3.8) is 0 Å². The molecule has 6 aromatic carbocycles. The summed E-state index contributed by atoms with van der Waals surface area (Å²) in [6, 6.07) is 41.9. The first-order chi connectivity index (χ1) is 32.1. The number of rotatable bonds is 7. The minimum atomic E-state index is -3.37. The quantitative estimate of drug-likeness (QED) is 0.175. The van der Waals surface area contributed by atoms with Crippen LogP contribution in [0.5, 0.6) is 5.75 Å². The summed E-state index contributed by atoms with van der Waals surface area (Å²) in [5.74, 6) is -0.182. The van der Waals surface area contributed by atoms with Gasteiger partial charge in [0.25, 0.3) is 0 Å². The molecule has 0 amide bonds. The lowest BCUT2D eigenvalue weighted by Gasteiger charge is -2.22. The second-order valence-electron chi connectivity index (χ2n) is 16.8. The number of aromatic nitrogens is 3. The molecule has 8 aromatic rings. The van der Waals surface area contributed by atoms with Crippen LogP contribution in [0.3, 0.4) is 0 Å². The molecule has 0 saturated carbocycles. The fourth-order valence-electron chi connectivity index (χ4n) is 7.82. The number of aryl methyl sites for hydroxylation is 2. The zero-order chi connectivity index (χ0) is 50.2. The highest BCUT2D eigenvalue weighted by molar-refractivity contribution is 5.98. The van der Waals surface area contributed by atoms with Gasteiger partial charge in [0, 0.05) is 36.6 Å². The monoisotopic (exact) mass is 783 g/mol. The highest BCUT2D eigenvalue weighted by Gasteiger charge is 2.25. The number of benzene rings is 6. The molecule has 59 heavy (non-hydrogen) atoms. The molecule has 0 fully saturated rings. The predicted octanol–water partition coefficient (Wildman–Crippen LogP) is 14.8. The van der Waals surface area contributed by atoms with Crippen molar-refractivity contribution in [2.45, 2.75) is 85.7 Å². The average molecular weight is 784 g/mol. The summed E-state index contributed by atoms with van der Waals surface area (Å²) >= 11 is 0. The minimum Gasteiger partial charge on any atom is -0.507 e. The van der Waals surface area contributed by atoms with Crippen LogP contribution in [0.2, 0.25) is 0 Å². The summed E-state index contributed by atoms with van der Waals surface area (Å²) in [4.78, 5) is 10.3. The van der Waals surface area contributed by atoms with Gasteiger partial charge in [0.15, 0.2) is 0 Å². The molecule has 0 radical (unpaired) electrons. The molecule has 1 N–H and O–H groups in total. The van der Waals surface area contributed by atoms with Crippen molar-refractivity contribution >= 4 is 11.0 Å². The number of phenolic OH excluding ortho intramolecular Hbond substituents is 1. The first-order valence-corrected chi connectivity index (χ1v) is 19.9. The van der Waals surface area contributed by atoms with Crippen LogP contribution in [-0.4, -0.2) is 19.6 Å². The third kappa shape index (κ3) is 7.72. The Bertz CT molecular complexity index is 3190. The first kappa shape index (κ1) is 29.0. The van der Waals surface area contributed by atoms with Gasteiger partial charge in [-0.05, 0) is 129 Å². The highest BCUT2D eigenvalue weighted by Crippen LogP contribution is 2.43. The zero-order valence-electron chi connectivity index (χ0n) is 44.6. The second-order valence-corrected chi connectivity index (χ2v) is 16.8. The molecule has 296 valence electrons. The minimum absolute atomic E-state index is 0.132. The van der Waals surface area contributed by atoms with Gasteiger partial charge in [-0.15, -0.1) is 0 Å². The largest absolute Gasteiger partial charge is 0.507 e. The SMILES string of the molecule is [2H]C(C)(C)c1ccc(-n2c(-c3cc(C)cc(C)c3O)nc3c(-c4cc(-c5cc(-c6ccc(C(C([2H])([2H])[2H])(C([2H])([2H])[2H])C([2H])([2H])[2H])cc6)ccn5)cc(C(C)(C)C)c4)cccc32)c(-c2ccccc2)c1. The van der Waals surface area contributed by atoms with Crippen LogP contribution in [0.1, 0.15) is 103 Å². The second kappa shape index (κ2) is 15.2. The Morgan fingerprint density at radius 1 is 0.627 bits per heavy atom. The first-order valence-electron chi connectivity index (χ1n) is 24.9. The molecule has 0 unspecified atom stereocenters. The van der Waals surface area contributed by atoms with E-state index in [4.69, 9.17) is 23.7 Å². The van der Waals surface area contributed by atoms with E-state index in [9.17, 15) is 5.11 Å². The lowest BCUT2D eigenvalue weighted by atomic mass is 9.83. The molecule has 0 atom stereocenters. The van der Waals surface area contributed by atoms with E-state index in [2.05, 4.69) is 61.7 Å². The van der Waals surface area contributed by atoms with Gasteiger partial charge in [0.1, 0.15) is 11.6 Å². The van der Waals surface area contributed by atoms with Gasteiger partial charge in [-0.3, -0.25) is 9.55 Å². The van der Waals surface area contributed by atoms with Gasteiger partial charge in [-0.1, -0.05) is 140 Å². The lowest BCUT2D eigenvalue weighted by Crippen LogP contribution is -2.11. The lowest BCUT2D eigenvalue weighted by molar-refractivity contribution is 0.472. The van der Waals surface area contributed by atoms with Crippen molar-refractivity contribution in [2.75, 3.05) is 0 Å². The van der Waals surface area contributed by atoms with Crippen LogP contribution in [-0.2, 0) is 10.8 Å². The number of pyridine rings is 1. The van der Waals surface area contributed by atoms with E-state index in [1.54, 1.807) is 24.4 Å². The normalized spacial score (nSPS) is 15.4. The number of nitrogens with zero attached hydrogens (tertiary/aromatic N) is 3. The van der Waals surface area contributed by atoms with Crippen LogP contribution in [0.4, 0.5) is 0 Å². The van der Waals surface area contributed by atoms with E-state index in [1.165, 1.54) is 12.1 Å². The van der Waals surface area contributed by atoms with Gasteiger partial charge < -0.3 is 5.11 Å². The molecule has 2 aromatic heterocycles. The summed E-state index contributed by atoms with van der Waals surface area (Å²) in [7, 11) is 0. The Morgan fingerprint density at radius 2 is 1.37 bits per heavy atom. The zero-order valence-corrected chi connectivity index (χ0v) is 34.6. The number of aromatic hydroxyl groups is 1. The molecule has 0 saturated heterocycles. The Labute approximate surface area is 364 Å². The molecule has 0 spiro atoms. The van der Waals surface area contributed by atoms with E-state index in [0.29, 0.717) is 33.7 Å². The van der Waals surface area contributed by atoms with Crippen LogP contribution >= 0.6 is 0 Å². The number of para-hydroxylation sites is 1. The van der Waals surface area contributed by atoms with E-state index < -0.39 is 31.9 Å². The molecular formula is C55H55N3O. The summed E-state index contributed by atoms with van der Waals surface area (Å²) in [6.45, 7) is 3.95. The van der Waals surface area contributed by atoms with E-state index in [0.717, 1.165) is 61.3 Å². The number of phenols is 1. The van der Waals surface area contributed by atoms with Gasteiger partial charge >= 0.3 is 0 Å². The van der Waals surface area contributed by atoms with Crippen molar-refractivity contribution < 1.29 is 18.8 Å². The number of hydrogen-bond acceptors (Lipinski definition) is 3. The van der Waals surface area contributed by atoms with Crippen molar-refractivity contribution in [1.82, 2.24) is 14.5 Å². The molecule has 2 heterocycles. The highest BCUT2D eigenvalue weighted by atomic mass is 16.3. The standard InChI is InChI=1S/C55H55N3O/c1-34(2)39-21-24-49(46(32-39)38-15-12-11-13-16-38)58-50-18-14-17-45(51(50)57-53(58)47-28-35(3)27-36(4)52(47)59)41-29-42(31-44(30-41)55(8,9)10)48-33-40(25-26-56-48)37-19-22-43(23-20-37)54(5,6)7/h11-34,59H,1-10H3/i5D3,6D3,7D3,34D. The third-order valence-electron chi connectivity index (χ3n) is 11.1. The summed E-state index contributed by atoms with van der Waals surface area (Å²) in [5.41, 5.74) is 9.13. The molecular weight excluding hydrogens is 719 g/mol. The van der Waals surface area contributed by atoms with Gasteiger partial charge in [0.2, 0.25) is 0 Å². The maximum atomic E-state index is 11.8.